The van der Waals surface area contributed by atoms with Gasteiger partial charge in [0.15, 0.2) is 0 Å². The molecule has 2 rings (SSSR count). The van der Waals surface area contributed by atoms with E-state index in [-0.39, 0.29) is 12.0 Å². The van der Waals surface area contributed by atoms with Gasteiger partial charge >= 0.3 is 5.97 Å². The first-order valence-electron chi connectivity index (χ1n) is 5.03. The maximum absolute atomic E-state index is 11.3. The fourth-order valence-corrected chi connectivity index (χ4v) is 2.55. The zero-order valence-electron chi connectivity index (χ0n) is 9.19. The molecule has 0 amide bonds. The van der Waals surface area contributed by atoms with E-state index in [1.54, 1.807) is 18.3 Å². The van der Waals surface area contributed by atoms with Crippen molar-refractivity contribution in [3.8, 4) is 0 Å². The standard InChI is InChI=1S/C12H13NO2S/c1-8(12(14)15-2)13-11-7-9-5-3-4-6-10(9)16-11/h3-8,13H,1-2H3/t8-/m0/s1. The van der Waals surface area contributed by atoms with Crippen LogP contribution in [0.25, 0.3) is 10.1 Å². The van der Waals surface area contributed by atoms with E-state index in [4.69, 9.17) is 0 Å². The SMILES string of the molecule is COC(=O)[C@H](C)Nc1cc2ccccc2s1. The highest BCUT2D eigenvalue weighted by molar-refractivity contribution is 7.22. The third-order valence-corrected chi connectivity index (χ3v) is 3.39. The molecule has 0 fully saturated rings. The van der Waals surface area contributed by atoms with E-state index in [1.807, 2.05) is 18.2 Å². The lowest BCUT2D eigenvalue weighted by Crippen LogP contribution is -2.26. The highest BCUT2D eigenvalue weighted by atomic mass is 32.1. The Morgan fingerprint density at radius 1 is 1.44 bits per heavy atom. The number of nitrogens with one attached hydrogen (secondary N) is 1. The molecule has 2 aromatic rings. The van der Waals surface area contributed by atoms with Crippen LogP contribution in [0.15, 0.2) is 30.3 Å². The van der Waals surface area contributed by atoms with Gasteiger partial charge in [0, 0.05) is 4.70 Å². The van der Waals surface area contributed by atoms with Crippen LogP contribution >= 0.6 is 11.3 Å². The van der Waals surface area contributed by atoms with Gasteiger partial charge in [0.1, 0.15) is 6.04 Å². The number of carbonyl (C=O) groups is 1. The second-order valence-corrected chi connectivity index (χ2v) is 4.62. The van der Waals surface area contributed by atoms with Gasteiger partial charge in [0.25, 0.3) is 0 Å². The fourth-order valence-electron chi connectivity index (χ4n) is 1.50. The summed E-state index contributed by atoms with van der Waals surface area (Å²) in [5, 5.41) is 5.30. The second-order valence-electron chi connectivity index (χ2n) is 3.54. The number of thiophene rings is 1. The molecule has 1 heterocycles. The number of hydrogen-bond donors (Lipinski definition) is 1. The predicted molar refractivity (Wildman–Crippen MR) is 66.9 cm³/mol. The van der Waals surface area contributed by atoms with Crippen molar-refractivity contribution in [3.63, 3.8) is 0 Å². The van der Waals surface area contributed by atoms with Crippen molar-refractivity contribution in [2.75, 3.05) is 12.4 Å². The minimum Gasteiger partial charge on any atom is -0.467 e. The van der Waals surface area contributed by atoms with E-state index in [1.165, 1.54) is 17.2 Å². The Kier molecular flexibility index (Phi) is 3.10. The Bertz CT molecular complexity index is 473. The van der Waals surface area contributed by atoms with Crippen LogP contribution < -0.4 is 5.32 Å². The van der Waals surface area contributed by atoms with Gasteiger partial charge in [-0.3, -0.25) is 0 Å². The molecule has 1 aromatic heterocycles. The van der Waals surface area contributed by atoms with Gasteiger partial charge in [-0.1, -0.05) is 18.2 Å². The van der Waals surface area contributed by atoms with Crippen LogP contribution in [0.4, 0.5) is 5.00 Å². The maximum Gasteiger partial charge on any atom is 0.328 e. The number of methoxy groups -OCH3 is 1. The Hall–Kier alpha value is -1.55. The molecule has 1 atom stereocenters. The second kappa shape index (κ2) is 4.53. The summed E-state index contributed by atoms with van der Waals surface area (Å²) >= 11 is 1.63. The summed E-state index contributed by atoms with van der Waals surface area (Å²) < 4.78 is 5.87. The number of fused-ring (bicyclic) bond motifs is 1. The van der Waals surface area contributed by atoms with Crippen molar-refractivity contribution in [2.45, 2.75) is 13.0 Å². The molecule has 3 nitrogen and oxygen atoms in total. The number of benzene rings is 1. The summed E-state index contributed by atoms with van der Waals surface area (Å²) in [6.07, 6.45) is 0. The molecular formula is C12H13NO2S. The maximum atomic E-state index is 11.3. The van der Waals surface area contributed by atoms with Crippen molar-refractivity contribution in [3.05, 3.63) is 30.3 Å². The predicted octanol–water partition coefficient (Wildman–Crippen LogP) is 2.87. The van der Waals surface area contributed by atoms with Gasteiger partial charge in [-0.25, -0.2) is 4.79 Å². The van der Waals surface area contributed by atoms with E-state index >= 15 is 0 Å². The van der Waals surface area contributed by atoms with E-state index in [0.29, 0.717) is 0 Å². The fraction of sp³-hybridized carbons (Fsp3) is 0.250. The van der Waals surface area contributed by atoms with Gasteiger partial charge in [-0.15, -0.1) is 11.3 Å². The minimum atomic E-state index is -0.321. The summed E-state index contributed by atoms with van der Waals surface area (Å²) in [6, 6.07) is 9.85. The Balaban J connectivity index is 2.18. The average molecular weight is 235 g/mol. The Morgan fingerprint density at radius 2 is 2.19 bits per heavy atom. The van der Waals surface area contributed by atoms with Crippen molar-refractivity contribution in [1.29, 1.82) is 0 Å². The zero-order chi connectivity index (χ0) is 11.5. The molecule has 1 aromatic carbocycles. The number of anilines is 1. The molecule has 0 saturated carbocycles. The van der Waals surface area contributed by atoms with E-state index in [0.717, 1.165) is 5.00 Å². The van der Waals surface area contributed by atoms with E-state index in [2.05, 4.69) is 22.2 Å². The van der Waals surface area contributed by atoms with Gasteiger partial charge < -0.3 is 10.1 Å². The monoisotopic (exact) mass is 235 g/mol. The summed E-state index contributed by atoms with van der Waals surface area (Å²) in [4.78, 5) is 11.3. The molecule has 16 heavy (non-hydrogen) atoms. The highest BCUT2D eigenvalue weighted by Gasteiger charge is 2.13. The van der Waals surface area contributed by atoms with Crippen LogP contribution in [0.3, 0.4) is 0 Å². The molecule has 0 aliphatic heterocycles. The Labute approximate surface area is 98.0 Å². The minimum absolute atomic E-state index is 0.252. The van der Waals surface area contributed by atoms with Gasteiger partial charge in [0.05, 0.1) is 12.1 Å². The number of hydrogen-bond acceptors (Lipinski definition) is 4. The summed E-state index contributed by atoms with van der Waals surface area (Å²) in [5.74, 6) is -0.252. The normalized spacial score (nSPS) is 12.4. The first-order chi connectivity index (χ1) is 7.70. The van der Waals surface area contributed by atoms with Crippen LogP contribution in [0, 0.1) is 0 Å². The van der Waals surface area contributed by atoms with Gasteiger partial charge in [-0.05, 0) is 24.4 Å². The number of ether oxygens (including phenoxy) is 1. The molecule has 1 N–H and O–H groups in total. The van der Waals surface area contributed by atoms with Crippen molar-refractivity contribution in [1.82, 2.24) is 0 Å². The first-order valence-corrected chi connectivity index (χ1v) is 5.85. The first kappa shape index (κ1) is 11.0. The quantitative estimate of drug-likeness (QED) is 0.831. The number of esters is 1. The smallest absolute Gasteiger partial charge is 0.328 e. The molecule has 0 saturated heterocycles. The molecule has 0 aliphatic rings. The van der Waals surface area contributed by atoms with Crippen LogP contribution in [-0.2, 0) is 9.53 Å². The molecule has 0 spiro atoms. The van der Waals surface area contributed by atoms with Crippen molar-refractivity contribution < 1.29 is 9.53 Å². The van der Waals surface area contributed by atoms with Crippen LogP contribution in [0.1, 0.15) is 6.92 Å². The van der Waals surface area contributed by atoms with Crippen molar-refractivity contribution >= 4 is 32.4 Å². The molecule has 0 aliphatic carbocycles. The molecule has 0 radical (unpaired) electrons. The lowest BCUT2D eigenvalue weighted by Gasteiger charge is -2.10. The lowest BCUT2D eigenvalue weighted by molar-refractivity contribution is -0.141. The number of carbonyl (C=O) groups excluding carboxylic acids is 1. The van der Waals surface area contributed by atoms with Gasteiger partial charge in [-0.2, -0.15) is 0 Å². The van der Waals surface area contributed by atoms with E-state index < -0.39 is 0 Å². The molecule has 0 unspecified atom stereocenters. The third kappa shape index (κ3) is 2.17. The van der Waals surface area contributed by atoms with Crippen LogP contribution in [0.5, 0.6) is 0 Å². The highest BCUT2D eigenvalue weighted by Crippen LogP contribution is 2.29. The van der Waals surface area contributed by atoms with Crippen LogP contribution in [-0.4, -0.2) is 19.1 Å². The van der Waals surface area contributed by atoms with Crippen LogP contribution in [0.2, 0.25) is 0 Å². The summed E-state index contributed by atoms with van der Waals surface area (Å²) in [6.45, 7) is 1.79. The largest absolute Gasteiger partial charge is 0.467 e. The zero-order valence-corrected chi connectivity index (χ0v) is 10.0. The summed E-state index contributed by atoms with van der Waals surface area (Å²) in [5.41, 5.74) is 0. The molecule has 84 valence electrons. The van der Waals surface area contributed by atoms with Gasteiger partial charge in [0.2, 0.25) is 0 Å². The summed E-state index contributed by atoms with van der Waals surface area (Å²) in [7, 11) is 1.39. The van der Waals surface area contributed by atoms with Crippen molar-refractivity contribution in [2.24, 2.45) is 0 Å². The third-order valence-electron chi connectivity index (χ3n) is 2.34. The van der Waals surface area contributed by atoms with E-state index in [9.17, 15) is 4.79 Å². The Morgan fingerprint density at radius 3 is 2.88 bits per heavy atom. The molecule has 4 heteroatoms. The molecule has 0 bridgehead atoms. The number of rotatable bonds is 3. The average Bonchev–Trinajstić information content (AvgIpc) is 2.69. The molecular weight excluding hydrogens is 222 g/mol. The lowest BCUT2D eigenvalue weighted by atomic mass is 10.2. The topological polar surface area (TPSA) is 38.3 Å².